The minimum absolute atomic E-state index is 0.107. The minimum Gasteiger partial charge on any atom is -0.396 e. The van der Waals surface area contributed by atoms with Crippen LogP contribution in [0.2, 0.25) is 0 Å². The molecule has 0 aromatic heterocycles. The van der Waals surface area contributed by atoms with Crippen LogP contribution in [0.15, 0.2) is 0 Å². The lowest BCUT2D eigenvalue weighted by molar-refractivity contribution is -0.00565. The Bertz CT molecular complexity index is 125. The van der Waals surface area contributed by atoms with Gasteiger partial charge in [-0.3, -0.25) is 0 Å². The second-order valence-electron chi connectivity index (χ2n) is 3.29. The van der Waals surface area contributed by atoms with E-state index in [9.17, 15) is 5.11 Å². The summed E-state index contributed by atoms with van der Waals surface area (Å²) in [6.07, 6.45) is 4.83. The SMILES string of the molecule is OCCC1(O)CCCCC1I. The zero-order valence-corrected chi connectivity index (χ0v) is 8.75. The Morgan fingerprint density at radius 3 is 2.73 bits per heavy atom. The van der Waals surface area contributed by atoms with E-state index in [4.69, 9.17) is 5.11 Å². The van der Waals surface area contributed by atoms with Gasteiger partial charge < -0.3 is 10.2 Å². The molecule has 3 heteroatoms. The van der Waals surface area contributed by atoms with Crippen LogP contribution in [0.3, 0.4) is 0 Å². The minimum atomic E-state index is -0.576. The maximum Gasteiger partial charge on any atom is 0.0786 e. The van der Waals surface area contributed by atoms with Gasteiger partial charge in [0.15, 0.2) is 0 Å². The molecule has 1 aliphatic rings. The van der Waals surface area contributed by atoms with E-state index < -0.39 is 5.60 Å². The Morgan fingerprint density at radius 2 is 2.18 bits per heavy atom. The highest BCUT2D eigenvalue weighted by molar-refractivity contribution is 14.1. The van der Waals surface area contributed by atoms with Crippen molar-refractivity contribution in [3.05, 3.63) is 0 Å². The normalized spacial score (nSPS) is 39.0. The van der Waals surface area contributed by atoms with E-state index in [0.29, 0.717) is 10.3 Å². The summed E-state index contributed by atoms with van der Waals surface area (Å²) >= 11 is 2.30. The number of alkyl halides is 1. The number of aliphatic hydroxyl groups is 2. The predicted octanol–water partition coefficient (Wildman–Crippen LogP) is 1.48. The van der Waals surface area contributed by atoms with Crippen molar-refractivity contribution in [3.8, 4) is 0 Å². The highest BCUT2D eigenvalue weighted by atomic mass is 127. The summed E-state index contributed by atoms with van der Waals surface area (Å²) < 4.78 is 0.334. The molecule has 0 bridgehead atoms. The molecule has 2 unspecified atom stereocenters. The first-order valence-electron chi connectivity index (χ1n) is 4.16. The number of halogens is 1. The molecule has 0 aliphatic heterocycles. The van der Waals surface area contributed by atoms with Crippen LogP contribution in [0.1, 0.15) is 32.1 Å². The lowest BCUT2D eigenvalue weighted by Crippen LogP contribution is -2.42. The molecule has 66 valence electrons. The summed E-state index contributed by atoms with van der Waals surface area (Å²) in [5.41, 5.74) is -0.576. The van der Waals surface area contributed by atoms with Crippen molar-refractivity contribution < 1.29 is 10.2 Å². The molecule has 0 heterocycles. The largest absolute Gasteiger partial charge is 0.396 e. The second kappa shape index (κ2) is 4.05. The van der Waals surface area contributed by atoms with E-state index in [2.05, 4.69) is 22.6 Å². The van der Waals surface area contributed by atoms with Crippen molar-refractivity contribution in [1.82, 2.24) is 0 Å². The van der Waals surface area contributed by atoms with Crippen LogP contribution in [0.4, 0.5) is 0 Å². The molecule has 0 aromatic rings. The molecule has 11 heavy (non-hydrogen) atoms. The molecule has 0 saturated heterocycles. The Balaban J connectivity index is 2.49. The molecule has 0 spiro atoms. The number of rotatable bonds is 2. The fourth-order valence-electron chi connectivity index (χ4n) is 1.66. The smallest absolute Gasteiger partial charge is 0.0786 e. The van der Waals surface area contributed by atoms with Gasteiger partial charge in [0.1, 0.15) is 0 Å². The molecule has 2 nitrogen and oxygen atoms in total. The molecule has 0 amide bonds. The fraction of sp³-hybridized carbons (Fsp3) is 1.00. The second-order valence-corrected chi connectivity index (χ2v) is 4.79. The molecule has 0 aromatic carbocycles. The zero-order chi connectivity index (χ0) is 8.32. The summed E-state index contributed by atoms with van der Waals surface area (Å²) in [6.45, 7) is 0.107. The standard InChI is InChI=1S/C8H15IO2/c9-7-3-1-2-4-8(7,11)5-6-10/h7,10-11H,1-6H2. The van der Waals surface area contributed by atoms with Gasteiger partial charge >= 0.3 is 0 Å². The molecule has 1 aliphatic carbocycles. The fourth-order valence-corrected chi connectivity index (χ4v) is 2.72. The lowest BCUT2D eigenvalue weighted by Gasteiger charge is -2.36. The van der Waals surface area contributed by atoms with Gasteiger partial charge in [0, 0.05) is 17.0 Å². The first-order valence-corrected chi connectivity index (χ1v) is 5.41. The van der Waals surface area contributed by atoms with Crippen LogP contribution >= 0.6 is 22.6 Å². The summed E-state index contributed by atoms with van der Waals surface area (Å²) in [5.74, 6) is 0. The van der Waals surface area contributed by atoms with Crippen LogP contribution in [0, 0.1) is 0 Å². The van der Waals surface area contributed by atoms with E-state index in [1.807, 2.05) is 0 Å². The van der Waals surface area contributed by atoms with Crippen molar-refractivity contribution in [1.29, 1.82) is 0 Å². The Kier molecular flexibility index (Phi) is 3.58. The topological polar surface area (TPSA) is 40.5 Å². The molecule has 0 radical (unpaired) electrons. The van der Waals surface area contributed by atoms with Gasteiger partial charge in [0.05, 0.1) is 5.60 Å². The van der Waals surface area contributed by atoms with E-state index in [0.717, 1.165) is 19.3 Å². The van der Waals surface area contributed by atoms with Crippen LogP contribution in [0.5, 0.6) is 0 Å². The molecule has 2 N–H and O–H groups in total. The predicted molar refractivity (Wildman–Crippen MR) is 52.9 cm³/mol. The number of aliphatic hydroxyl groups excluding tert-OH is 1. The van der Waals surface area contributed by atoms with Crippen molar-refractivity contribution in [2.75, 3.05) is 6.61 Å². The molecule has 1 rings (SSSR count). The van der Waals surface area contributed by atoms with Crippen LogP contribution in [0.25, 0.3) is 0 Å². The average molecular weight is 270 g/mol. The Hall–Kier alpha value is 0.650. The summed E-state index contributed by atoms with van der Waals surface area (Å²) in [5, 5.41) is 18.7. The summed E-state index contributed by atoms with van der Waals surface area (Å²) in [4.78, 5) is 0. The third-order valence-electron chi connectivity index (χ3n) is 2.45. The van der Waals surface area contributed by atoms with Crippen LogP contribution < -0.4 is 0 Å². The summed E-state index contributed by atoms with van der Waals surface area (Å²) in [7, 11) is 0. The first kappa shape index (κ1) is 9.74. The van der Waals surface area contributed by atoms with Gasteiger partial charge in [0.25, 0.3) is 0 Å². The monoisotopic (exact) mass is 270 g/mol. The Morgan fingerprint density at radius 1 is 1.45 bits per heavy atom. The van der Waals surface area contributed by atoms with Gasteiger partial charge in [-0.25, -0.2) is 0 Å². The molecular formula is C8H15IO2. The number of hydrogen-bond donors (Lipinski definition) is 2. The third kappa shape index (κ3) is 2.29. The quantitative estimate of drug-likeness (QED) is 0.589. The van der Waals surface area contributed by atoms with E-state index in [-0.39, 0.29) is 6.61 Å². The van der Waals surface area contributed by atoms with Crippen LogP contribution in [-0.2, 0) is 0 Å². The van der Waals surface area contributed by atoms with Gasteiger partial charge in [-0.05, 0) is 12.8 Å². The van der Waals surface area contributed by atoms with E-state index in [1.54, 1.807) is 0 Å². The van der Waals surface area contributed by atoms with Crippen molar-refractivity contribution in [2.45, 2.75) is 41.6 Å². The molecule has 2 atom stereocenters. The lowest BCUT2D eigenvalue weighted by atomic mass is 9.83. The van der Waals surface area contributed by atoms with Gasteiger partial charge in [-0.1, -0.05) is 35.4 Å². The highest BCUT2D eigenvalue weighted by Gasteiger charge is 2.36. The van der Waals surface area contributed by atoms with Gasteiger partial charge in [0.2, 0.25) is 0 Å². The van der Waals surface area contributed by atoms with Crippen molar-refractivity contribution >= 4 is 22.6 Å². The first-order chi connectivity index (χ1) is 5.19. The van der Waals surface area contributed by atoms with Crippen LogP contribution in [-0.4, -0.2) is 26.3 Å². The average Bonchev–Trinajstić information content (AvgIpc) is 1.96. The van der Waals surface area contributed by atoms with E-state index in [1.165, 1.54) is 6.42 Å². The Labute approximate surface area is 81.1 Å². The molecule has 1 fully saturated rings. The van der Waals surface area contributed by atoms with Crippen molar-refractivity contribution in [2.24, 2.45) is 0 Å². The third-order valence-corrected chi connectivity index (χ3v) is 4.23. The van der Waals surface area contributed by atoms with Gasteiger partial charge in [-0.2, -0.15) is 0 Å². The summed E-state index contributed by atoms with van der Waals surface area (Å²) in [6, 6.07) is 0. The number of hydrogen-bond acceptors (Lipinski definition) is 2. The highest BCUT2D eigenvalue weighted by Crippen LogP contribution is 2.35. The zero-order valence-electron chi connectivity index (χ0n) is 6.59. The molecular weight excluding hydrogens is 255 g/mol. The maximum atomic E-state index is 9.97. The molecule has 1 saturated carbocycles. The van der Waals surface area contributed by atoms with Gasteiger partial charge in [-0.15, -0.1) is 0 Å². The van der Waals surface area contributed by atoms with Crippen molar-refractivity contribution in [3.63, 3.8) is 0 Å². The maximum absolute atomic E-state index is 9.97. The van der Waals surface area contributed by atoms with E-state index >= 15 is 0 Å².